The average Bonchev–Trinajstić information content (AvgIpc) is 2.53. The van der Waals surface area contributed by atoms with Crippen LogP contribution in [0.25, 0.3) is 0 Å². The maximum absolute atomic E-state index is 10.3. The molecule has 3 unspecified atom stereocenters. The monoisotopic (exact) mass is 290 g/mol. The lowest BCUT2D eigenvalue weighted by Crippen LogP contribution is -2.40. The van der Waals surface area contributed by atoms with Gasteiger partial charge < -0.3 is 19.9 Å². The Morgan fingerprint density at radius 3 is 2.71 bits per heavy atom. The van der Waals surface area contributed by atoms with E-state index in [0.717, 1.165) is 42.7 Å². The van der Waals surface area contributed by atoms with Crippen LogP contribution in [-0.2, 0) is 4.74 Å². The molecule has 0 bridgehead atoms. The summed E-state index contributed by atoms with van der Waals surface area (Å²) in [7, 11) is 3.26. The van der Waals surface area contributed by atoms with Crippen LogP contribution >= 0.6 is 0 Å². The van der Waals surface area contributed by atoms with Crippen LogP contribution in [-0.4, -0.2) is 37.5 Å². The van der Waals surface area contributed by atoms with Gasteiger partial charge in [0.25, 0.3) is 0 Å². The fourth-order valence-corrected chi connectivity index (χ4v) is 3.29. The van der Waals surface area contributed by atoms with E-state index in [1.807, 2.05) is 18.2 Å². The van der Waals surface area contributed by atoms with Crippen molar-refractivity contribution in [2.75, 3.05) is 19.5 Å². The zero-order chi connectivity index (χ0) is 14.8. The van der Waals surface area contributed by atoms with Gasteiger partial charge in [-0.2, -0.15) is 0 Å². The van der Waals surface area contributed by atoms with Gasteiger partial charge in [0, 0.05) is 5.92 Å². The molecule has 5 nitrogen and oxygen atoms in total. The van der Waals surface area contributed by atoms with Crippen molar-refractivity contribution in [1.82, 2.24) is 0 Å². The van der Waals surface area contributed by atoms with Gasteiger partial charge >= 0.3 is 0 Å². The molecule has 0 radical (unpaired) electrons. The molecule has 114 valence electrons. The molecule has 1 aromatic rings. The van der Waals surface area contributed by atoms with Crippen LogP contribution < -0.4 is 10.1 Å². The van der Waals surface area contributed by atoms with Crippen molar-refractivity contribution < 1.29 is 14.6 Å². The van der Waals surface area contributed by atoms with E-state index in [2.05, 4.69) is 10.3 Å². The van der Waals surface area contributed by atoms with Crippen LogP contribution in [0.15, 0.2) is 23.2 Å². The van der Waals surface area contributed by atoms with Crippen molar-refractivity contribution >= 4 is 11.6 Å². The number of aliphatic hydroxyl groups excluding tert-OH is 1. The van der Waals surface area contributed by atoms with Crippen molar-refractivity contribution in [2.45, 2.75) is 38.0 Å². The lowest BCUT2D eigenvalue weighted by Gasteiger charge is -2.35. The fourth-order valence-electron chi connectivity index (χ4n) is 3.29. The van der Waals surface area contributed by atoms with E-state index in [1.165, 1.54) is 0 Å². The van der Waals surface area contributed by atoms with Crippen LogP contribution in [0.3, 0.4) is 0 Å². The number of fused-ring (bicyclic) bond motifs is 1. The summed E-state index contributed by atoms with van der Waals surface area (Å²) < 4.78 is 10.9. The Morgan fingerprint density at radius 2 is 2.00 bits per heavy atom. The van der Waals surface area contributed by atoms with Crippen LogP contribution in [0.5, 0.6) is 5.75 Å². The zero-order valence-electron chi connectivity index (χ0n) is 12.5. The van der Waals surface area contributed by atoms with Gasteiger partial charge in [-0.15, -0.1) is 0 Å². The van der Waals surface area contributed by atoms with E-state index in [-0.39, 0.29) is 18.2 Å². The highest BCUT2D eigenvalue weighted by Crippen LogP contribution is 2.36. The number of aliphatic hydroxyl groups is 1. The number of aliphatic imine (C=N–C) groups is 1. The molecule has 1 fully saturated rings. The van der Waals surface area contributed by atoms with Crippen molar-refractivity contribution in [3.8, 4) is 5.75 Å². The Balaban J connectivity index is 1.95. The van der Waals surface area contributed by atoms with Gasteiger partial charge in [0.05, 0.1) is 26.0 Å². The van der Waals surface area contributed by atoms with Crippen LogP contribution in [0.2, 0.25) is 0 Å². The van der Waals surface area contributed by atoms with E-state index in [0.29, 0.717) is 5.90 Å². The highest BCUT2D eigenvalue weighted by atomic mass is 16.5. The lowest BCUT2D eigenvalue weighted by atomic mass is 9.84. The molecule has 0 saturated heterocycles. The Hall–Kier alpha value is -1.75. The molecule has 0 aromatic heterocycles. The molecule has 21 heavy (non-hydrogen) atoms. The minimum absolute atomic E-state index is 0.128. The van der Waals surface area contributed by atoms with Gasteiger partial charge in [0.15, 0.2) is 0 Å². The summed E-state index contributed by atoms with van der Waals surface area (Å²) in [6.45, 7) is 0. The first-order valence-electron chi connectivity index (χ1n) is 7.48. The largest absolute Gasteiger partial charge is 0.496 e. The summed E-state index contributed by atoms with van der Waals surface area (Å²) in [4.78, 5) is 4.67. The fraction of sp³-hybridized carbons (Fsp3) is 0.562. The number of hydrogen-bond donors (Lipinski definition) is 2. The second-order valence-electron chi connectivity index (χ2n) is 5.63. The van der Waals surface area contributed by atoms with E-state index >= 15 is 0 Å². The van der Waals surface area contributed by atoms with Gasteiger partial charge in [-0.3, -0.25) is 0 Å². The first kappa shape index (κ1) is 14.2. The number of methoxy groups -OCH3 is 2. The first-order chi connectivity index (χ1) is 10.2. The smallest absolute Gasteiger partial charge is 0.223 e. The SMILES string of the molecule is COC1=NC(C2CCCCC2O)Nc2cccc(OC)c21. The summed E-state index contributed by atoms with van der Waals surface area (Å²) >= 11 is 0. The molecule has 1 aliphatic heterocycles. The number of anilines is 1. The third kappa shape index (κ3) is 2.58. The van der Waals surface area contributed by atoms with E-state index < -0.39 is 0 Å². The predicted molar refractivity (Wildman–Crippen MR) is 81.9 cm³/mol. The molecule has 3 rings (SSSR count). The van der Waals surface area contributed by atoms with Gasteiger partial charge in [0.2, 0.25) is 5.90 Å². The second-order valence-corrected chi connectivity index (χ2v) is 5.63. The summed E-state index contributed by atoms with van der Waals surface area (Å²) in [6.07, 6.45) is 3.63. The normalized spacial score (nSPS) is 28.1. The van der Waals surface area contributed by atoms with Crippen molar-refractivity contribution in [1.29, 1.82) is 0 Å². The maximum Gasteiger partial charge on any atom is 0.223 e. The summed E-state index contributed by atoms with van der Waals surface area (Å²) in [5.41, 5.74) is 1.80. The first-order valence-corrected chi connectivity index (χ1v) is 7.48. The Kier molecular flexibility index (Phi) is 4.01. The van der Waals surface area contributed by atoms with E-state index in [1.54, 1.807) is 14.2 Å². The standard InChI is InChI=1S/C16H22N2O3/c1-20-13-9-5-7-11-14(13)16(21-2)18-15(17-11)10-6-3-4-8-12(10)19/h5,7,9-10,12,15,17,19H,3-4,6,8H2,1-2H3. The molecular weight excluding hydrogens is 268 g/mol. The summed E-state index contributed by atoms with van der Waals surface area (Å²) in [5.74, 6) is 1.44. The minimum atomic E-state index is -0.301. The number of ether oxygens (including phenoxy) is 2. The molecule has 0 spiro atoms. The third-order valence-electron chi connectivity index (χ3n) is 4.40. The highest BCUT2D eigenvalue weighted by molar-refractivity contribution is 6.03. The summed E-state index contributed by atoms with van der Waals surface area (Å²) in [5, 5.41) is 13.7. The Labute approximate surface area is 125 Å². The predicted octanol–water partition coefficient (Wildman–Crippen LogP) is 2.39. The van der Waals surface area contributed by atoms with Gasteiger partial charge in [0.1, 0.15) is 17.5 Å². The number of rotatable bonds is 2. The number of benzene rings is 1. The molecule has 1 aromatic carbocycles. The Morgan fingerprint density at radius 1 is 1.19 bits per heavy atom. The lowest BCUT2D eigenvalue weighted by molar-refractivity contribution is 0.0604. The topological polar surface area (TPSA) is 63.1 Å². The molecule has 3 atom stereocenters. The van der Waals surface area contributed by atoms with Crippen molar-refractivity contribution in [3.63, 3.8) is 0 Å². The third-order valence-corrected chi connectivity index (χ3v) is 4.40. The molecule has 2 N–H and O–H groups in total. The number of hydrogen-bond acceptors (Lipinski definition) is 5. The van der Waals surface area contributed by atoms with Crippen LogP contribution in [0.4, 0.5) is 5.69 Å². The highest BCUT2D eigenvalue weighted by Gasteiger charge is 2.34. The molecule has 1 heterocycles. The molecule has 1 aliphatic carbocycles. The van der Waals surface area contributed by atoms with Crippen LogP contribution in [0, 0.1) is 5.92 Å². The minimum Gasteiger partial charge on any atom is -0.496 e. The van der Waals surface area contributed by atoms with E-state index in [9.17, 15) is 5.11 Å². The molecule has 0 amide bonds. The average molecular weight is 290 g/mol. The molecule has 2 aliphatic rings. The Bertz CT molecular complexity index is 544. The second kappa shape index (κ2) is 5.93. The van der Waals surface area contributed by atoms with Crippen molar-refractivity contribution in [2.24, 2.45) is 10.9 Å². The number of nitrogens with zero attached hydrogens (tertiary/aromatic N) is 1. The molecule has 5 heteroatoms. The molecule has 1 saturated carbocycles. The van der Waals surface area contributed by atoms with Gasteiger partial charge in [-0.25, -0.2) is 4.99 Å². The van der Waals surface area contributed by atoms with E-state index in [4.69, 9.17) is 9.47 Å². The molecular formula is C16H22N2O3. The van der Waals surface area contributed by atoms with Crippen LogP contribution in [0.1, 0.15) is 31.2 Å². The van der Waals surface area contributed by atoms with Gasteiger partial charge in [-0.1, -0.05) is 18.9 Å². The van der Waals surface area contributed by atoms with Crippen molar-refractivity contribution in [3.05, 3.63) is 23.8 Å². The van der Waals surface area contributed by atoms with Gasteiger partial charge in [-0.05, 0) is 25.0 Å². The maximum atomic E-state index is 10.3. The zero-order valence-corrected chi connectivity index (χ0v) is 12.5. The number of nitrogens with one attached hydrogen (secondary N) is 1. The summed E-state index contributed by atoms with van der Waals surface area (Å²) in [6, 6.07) is 5.83. The quantitative estimate of drug-likeness (QED) is 0.878.